The summed E-state index contributed by atoms with van der Waals surface area (Å²) in [5.74, 6) is 1.63. The van der Waals surface area contributed by atoms with Crippen LogP contribution in [-0.2, 0) is 6.42 Å². The van der Waals surface area contributed by atoms with E-state index in [9.17, 15) is 5.11 Å². The maximum Gasteiger partial charge on any atom is 0.119 e. The summed E-state index contributed by atoms with van der Waals surface area (Å²) in [6.07, 6.45) is 6.12. The summed E-state index contributed by atoms with van der Waals surface area (Å²) < 4.78 is 5.24. The van der Waals surface area contributed by atoms with Gasteiger partial charge in [0.2, 0.25) is 0 Å². The molecule has 18 heavy (non-hydrogen) atoms. The van der Waals surface area contributed by atoms with Crippen LogP contribution in [0, 0.1) is 5.92 Å². The van der Waals surface area contributed by atoms with Crippen molar-refractivity contribution in [2.75, 3.05) is 7.11 Å². The minimum Gasteiger partial charge on any atom is -0.497 e. The monoisotopic (exact) mass is 248 g/mol. The Bertz CT molecular complexity index is 388. The molecule has 0 radical (unpaired) electrons. The van der Waals surface area contributed by atoms with Gasteiger partial charge in [0, 0.05) is 6.42 Å². The number of rotatable bonds is 3. The molecule has 0 spiro atoms. The van der Waals surface area contributed by atoms with Gasteiger partial charge in [-0.1, -0.05) is 31.9 Å². The largest absolute Gasteiger partial charge is 0.497 e. The second kappa shape index (κ2) is 5.75. The van der Waals surface area contributed by atoms with Crippen molar-refractivity contribution in [1.82, 2.24) is 0 Å². The van der Waals surface area contributed by atoms with Crippen LogP contribution in [0.5, 0.6) is 5.75 Å². The van der Waals surface area contributed by atoms with Gasteiger partial charge in [0.15, 0.2) is 0 Å². The first-order valence-corrected chi connectivity index (χ1v) is 6.97. The Morgan fingerprint density at radius 2 is 2.17 bits per heavy atom. The summed E-state index contributed by atoms with van der Waals surface area (Å²) in [4.78, 5) is 0. The maximum atomic E-state index is 10.7. The number of aliphatic hydroxyl groups is 1. The molecule has 2 unspecified atom stereocenters. The number of hydrogen-bond donors (Lipinski definition) is 1. The first-order chi connectivity index (χ1) is 8.61. The average molecular weight is 248 g/mol. The lowest BCUT2D eigenvalue weighted by Crippen LogP contribution is -2.30. The fourth-order valence-electron chi connectivity index (χ4n) is 2.90. The minimum absolute atomic E-state index is 0.517. The average Bonchev–Trinajstić information content (AvgIpc) is 2.52. The van der Waals surface area contributed by atoms with Crippen molar-refractivity contribution in [3.63, 3.8) is 0 Å². The van der Waals surface area contributed by atoms with Gasteiger partial charge in [0.1, 0.15) is 5.75 Å². The van der Waals surface area contributed by atoms with Gasteiger partial charge >= 0.3 is 0 Å². The normalized spacial score (nSPS) is 28.7. The van der Waals surface area contributed by atoms with Crippen molar-refractivity contribution in [3.8, 4) is 5.75 Å². The van der Waals surface area contributed by atoms with Gasteiger partial charge in [-0.25, -0.2) is 0 Å². The lowest BCUT2D eigenvalue weighted by atomic mass is 9.87. The van der Waals surface area contributed by atoms with Crippen molar-refractivity contribution >= 4 is 0 Å². The summed E-state index contributed by atoms with van der Waals surface area (Å²) in [6, 6.07) is 8.06. The molecule has 2 atom stereocenters. The zero-order chi connectivity index (χ0) is 13.0. The Balaban J connectivity index is 2.06. The Morgan fingerprint density at radius 1 is 1.33 bits per heavy atom. The van der Waals surface area contributed by atoms with E-state index in [2.05, 4.69) is 13.0 Å². The van der Waals surface area contributed by atoms with Gasteiger partial charge < -0.3 is 9.84 Å². The van der Waals surface area contributed by atoms with E-state index in [-0.39, 0.29) is 0 Å². The first-order valence-electron chi connectivity index (χ1n) is 6.97. The molecule has 2 heteroatoms. The summed E-state index contributed by atoms with van der Waals surface area (Å²) >= 11 is 0. The third kappa shape index (κ3) is 3.49. The zero-order valence-corrected chi connectivity index (χ0v) is 11.5. The number of benzene rings is 1. The highest BCUT2D eigenvalue weighted by molar-refractivity contribution is 5.29. The lowest BCUT2D eigenvalue weighted by molar-refractivity contribution is 0.0243. The van der Waals surface area contributed by atoms with E-state index < -0.39 is 5.60 Å². The van der Waals surface area contributed by atoms with Crippen molar-refractivity contribution in [3.05, 3.63) is 29.8 Å². The molecule has 1 aromatic carbocycles. The fourth-order valence-corrected chi connectivity index (χ4v) is 2.90. The van der Waals surface area contributed by atoms with Gasteiger partial charge in [-0.3, -0.25) is 0 Å². The van der Waals surface area contributed by atoms with E-state index in [0.29, 0.717) is 0 Å². The minimum atomic E-state index is -0.517. The van der Waals surface area contributed by atoms with E-state index in [4.69, 9.17) is 4.74 Å². The molecule has 0 aromatic heterocycles. The molecule has 0 heterocycles. The van der Waals surface area contributed by atoms with E-state index in [1.807, 2.05) is 18.2 Å². The van der Waals surface area contributed by atoms with Crippen LogP contribution in [-0.4, -0.2) is 17.8 Å². The second-order valence-corrected chi connectivity index (χ2v) is 5.79. The Hall–Kier alpha value is -1.02. The predicted octanol–water partition coefficient (Wildman–Crippen LogP) is 3.57. The molecule has 0 saturated heterocycles. The highest BCUT2D eigenvalue weighted by atomic mass is 16.5. The van der Waals surface area contributed by atoms with Crippen LogP contribution in [0.15, 0.2) is 24.3 Å². The summed E-state index contributed by atoms with van der Waals surface area (Å²) in [6.45, 7) is 2.29. The van der Waals surface area contributed by atoms with E-state index in [1.54, 1.807) is 7.11 Å². The highest BCUT2D eigenvalue weighted by Gasteiger charge is 2.29. The van der Waals surface area contributed by atoms with Gasteiger partial charge in [0.05, 0.1) is 12.7 Å². The van der Waals surface area contributed by atoms with Crippen LogP contribution >= 0.6 is 0 Å². The maximum absolute atomic E-state index is 10.7. The van der Waals surface area contributed by atoms with Gasteiger partial charge in [-0.05, 0) is 42.9 Å². The van der Waals surface area contributed by atoms with Crippen LogP contribution in [0.25, 0.3) is 0 Å². The Labute approximate surface area is 110 Å². The molecule has 1 aromatic rings. The van der Waals surface area contributed by atoms with Crippen molar-refractivity contribution in [1.29, 1.82) is 0 Å². The van der Waals surface area contributed by atoms with E-state index >= 15 is 0 Å². The van der Waals surface area contributed by atoms with Crippen molar-refractivity contribution in [2.24, 2.45) is 5.92 Å². The first kappa shape index (κ1) is 13.4. The number of hydrogen-bond acceptors (Lipinski definition) is 2. The molecule has 1 aliphatic carbocycles. The fraction of sp³-hybridized carbons (Fsp3) is 0.625. The summed E-state index contributed by atoms with van der Waals surface area (Å²) in [7, 11) is 1.68. The van der Waals surface area contributed by atoms with Crippen molar-refractivity contribution in [2.45, 2.75) is 51.0 Å². The molecule has 0 bridgehead atoms. The standard InChI is InChI=1S/C16H24O2/c1-13-5-4-9-16(17,10-8-13)12-14-6-3-7-15(11-14)18-2/h3,6-7,11,13,17H,4-5,8-10,12H2,1-2H3. The third-order valence-electron chi connectivity index (χ3n) is 4.11. The highest BCUT2D eigenvalue weighted by Crippen LogP contribution is 2.33. The quantitative estimate of drug-likeness (QED) is 0.829. The Morgan fingerprint density at radius 3 is 2.94 bits per heavy atom. The van der Waals surface area contributed by atoms with Crippen LogP contribution in [0.1, 0.15) is 44.6 Å². The van der Waals surface area contributed by atoms with Crippen LogP contribution in [0.3, 0.4) is 0 Å². The van der Waals surface area contributed by atoms with Gasteiger partial charge in [0.25, 0.3) is 0 Å². The molecule has 1 N–H and O–H groups in total. The molecule has 1 fully saturated rings. The lowest BCUT2D eigenvalue weighted by Gasteiger charge is -2.27. The molecular weight excluding hydrogens is 224 g/mol. The number of methoxy groups -OCH3 is 1. The van der Waals surface area contributed by atoms with Crippen LogP contribution in [0.4, 0.5) is 0 Å². The SMILES string of the molecule is COc1cccc(CC2(O)CCCC(C)CC2)c1. The molecule has 2 rings (SSSR count). The summed E-state index contributed by atoms with van der Waals surface area (Å²) in [5, 5.41) is 10.7. The topological polar surface area (TPSA) is 29.5 Å². The molecule has 1 aliphatic rings. The molecule has 0 amide bonds. The molecule has 1 saturated carbocycles. The smallest absolute Gasteiger partial charge is 0.119 e. The van der Waals surface area contributed by atoms with E-state index in [1.165, 1.54) is 12.0 Å². The zero-order valence-electron chi connectivity index (χ0n) is 11.5. The molecule has 100 valence electrons. The van der Waals surface area contributed by atoms with E-state index in [0.717, 1.165) is 43.8 Å². The molecular formula is C16H24O2. The second-order valence-electron chi connectivity index (χ2n) is 5.79. The Kier molecular flexibility index (Phi) is 4.28. The third-order valence-corrected chi connectivity index (χ3v) is 4.11. The molecule has 2 nitrogen and oxygen atoms in total. The number of ether oxygens (including phenoxy) is 1. The van der Waals surface area contributed by atoms with Crippen LogP contribution < -0.4 is 4.74 Å². The molecule has 0 aliphatic heterocycles. The van der Waals surface area contributed by atoms with Gasteiger partial charge in [-0.15, -0.1) is 0 Å². The van der Waals surface area contributed by atoms with Crippen molar-refractivity contribution < 1.29 is 9.84 Å². The van der Waals surface area contributed by atoms with Gasteiger partial charge in [-0.2, -0.15) is 0 Å². The van der Waals surface area contributed by atoms with Crippen LogP contribution in [0.2, 0.25) is 0 Å². The predicted molar refractivity (Wildman–Crippen MR) is 73.9 cm³/mol. The summed E-state index contributed by atoms with van der Waals surface area (Å²) in [5.41, 5.74) is 0.656.